The van der Waals surface area contributed by atoms with Crippen LogP contribution in [0, 0.1) is 5.92 Å². The molecule has 0 spiro atoms. The first-order valence-electron chi connectivity index (χ1n) is 8.00. The average molecular weight is 300 g/mol. The highest BCUT2D eigenvalue weighted by atomic mass is 16.3. The molecule has 2 atom stereocenters. The molecule has 0 radical (unpaired) electrons. The Hall–Kier alpha value is -1.70. The zero-order valence-corrected chi connectivity index (χ0v) is 14.4. The molecule has 0 aliphatic heterocycles. The highest BCUT2D eigenvalue weighted by Crippen LogP contribution is 2.47. The average Bonchev–Trinajstić information content (AvgIpc) is 2.36. The summed E-state index contributed by atoms with van der Waals surface area (Å²) >= 11 is 0. The van der Waals surface area contributed by atoms with Crippen LogP contribution in [0.2, 0.25) is 0 Å². The van der Waals surface area contributed by atoms with Gasteiger partial charge in [-0.1, -0.05) is 44.6 Å². The molecule has 1 aromatic carbocycles. The summed E-state index contributed by atoms with van der Waals surface area (Å²) in [4.78, 5) is 0. The van der Waals surface area contributed by atoms with Crippen molar-refractivity contribution < 1.29 is 10.2 Å². The van der Waals surface area contributed by atoms with Gasteiger partial charge >= 0.3 is 0 Å². The molecule has 2 heteroatoms. The fraction of sp³-hybridized carbons (Fsp3) is 0.500. The quantitative estimate of drug-likeness (QED) is 0.717. The second kappa shape index (κ2) is 5.83. The Morgan fingerprint density at radius 3 is 2.18 bits per heavy atom. The third-order valence-corrected chi connectivity index (χ3v) is 4.72. The highest BCUT2D eigenvalue weighted by molar-refractivity contribution is 5.53. The van der Waals surface area contributed by atoms with Crippen LogP contribution in [-0.4, -0.2) is 10.2 Å². The van der Waals surface area contributed by atoms with Crippen molar-refractivity contribution in [2.75, 3.05) is 0 Å². The number of hydrogen-bond donors (Lipinski definition) is 2. The lowest BCUT2D eigenvalue weighted by Gasteiger charge is -2.32. The molecule has 0 heterocycles. The Labute approximate surface area is 134 Å². The van der Waals surface area contributed by atoms with Gasteiger partial charge in [0.1, 0.15) is 11.5 Å². The van der Waals surface area contributed by atoms with Gasteiger partial charge in [0, 0.05) is 11.5 Å². The molecular formula is C20H28O2. The molecular weight excluding hydrogens is 272 g/mol. The largest absolute Gasteiger partial charge is 0.507 e. The van der Waals surface area contributed by atoms with Gasteiger partial charge in [0.15, 0.2) is 0 Å². The van der Waals surface area contributed by atoms with Crippen molar-refractivity contribution in [2.45, 2.75) is 58.8 Å². The Bertz CT molecular complexity index is 594. The van der Waals surface area contributed by atoms with E-state index in [4.69, 9.17) is 0 Å². The van der Waals surface area contributed by atoms with Gasteiger partial charge in [0.2, 0.25) is 0 Å². The predicted molar refractivity (Wildman–Crippen MR) is 92.5 cm³/mol. The van der Waals surface area contributed by atoms with Crippen LogP contribution >= 0.6 is 0 Å². The Balaban J connectivity index is 2.55. The Kier molecular flexibility index (Phi) is 4.42. The van der Waals surface area contributed by atoms with Crippen molar-refractivity contribution in [3.63, 3.8) is 0 Å². The highest BCUT2D eigenvalue weighted by Gasteiger charge is 2.30. The number of rotatable bonds is 2. The van der Waals surface area contributed by atoms with Gasteiger partial charge in [-0.2, -0.15) is 0 Å². The molecule has 1 aliphatic carbocycles. The second-order valence-corrected chi connectivity index (χ2v) is 7.71. The maximum atomic E-state index is 10.6. The lowest BCUT2D eigenvalue weighted by atomic mass is 9.73. The monoisotopic (exact) mass is 300 g/mol. The zero-order chi connectivity index (χ0) is 16.7. The fourth-order valence-corrected chi connectivity index (χ4v) is 3.30. The van der Waals surface area contributed by atoms with Crippen LogP contribution in [0.5, 0.6) is 11.5 Å². The summed E-state index contributed by atoms with van der Waals surface area (Å²) in [5.41, 5.74) is 3.88. The van der Waals surface area contributed by atoms with E-state index >= 15 is 0 Å². The molecule has 0 fully saturated rings. The summed E-state index contributed by atoms with van der Waals surface area (Å²) < 4.78 is 0. The lowest BCUT2D eigenvalue weighted by molar-refractivity contribution is 0.403. The Morgan fingerprint density at radius 1 is 1.18 bits per heavy atom. The van der Waals surface area contributed by atoms with Crippen molar-refractivity contribution in [2.24, 2.45) is 5.92 Å². The fourth-order valence-electron chi connectivity index (χ4n) is 3.30. The van der Waals surface area contributed by atoms with Crippen molar-refractivity contribution in [3.8, 4) is 11.5 Å². The van der Waals surface area contributed by atoms with Gasteiger partial charge in [0.25, 0.3) is 0 Å². The summed E-state index contributed by atoms with van der Waals surface area (Å²) in [6, 6.07) is 3.59. The summed E-state index contributed by atoms with van der Waals surface area (Å²) in [5, 5.41) is 21.1. The number of phenolic OH excluding ortho intramolecular Hbond substituents is 2. The minimum Gasteiger partial charge on any atom is -0.507 e. The first-order valence-corrected chi connectivity index (χ1v) is 8.00. The number of hydrogen-bond acceptors (Lipinski definition) is 2. The Morgan fingerprint density at radius 2 is 1.73 bits per heavy atom. The van der Waals surface area contributed by atoms with Crippen LogP contribution in [0.15, 0.2) is 35.9 Å². The van der Waals surface area contributed by atoms with E-state index in [1.54, 1.807) is 12.1 Å². The van der Waals surface area contributed by atoms with Crippen molar-refractivity contribution in [1.82, 2.24) is 0 Å². The van der Waals surface area contributed by atoms with E-state index in [-0.39, 0.29) is 28.7 Å². The molecule has 1 aliphatic rings. The molecule has 0 unspecified atom stereocenters. The van der Waals surface area contributed by atoms with Crippen LogP contribution in [0.4, 0.5) is 0 Å². The predicted octanol–water partition coefficient (Wildman–Crippen LogP) is 5.41. The molecule has 2 N–H and O–H groups in total. The van der Waals surface area contributed by atoms with E-state index in [2.05, 4.69) is 40.3 Å². The molecule has 0 saturated heterocycles. The van der Waals surface area contributed by atoms with Crippen LogP contribution in [0.25, 0.3) is 0 Å². The van der Waals surface area contributed by atoms with Gasteiger partial charge in [-0.15, -0.1) is 0 Å². The van der Waals surface area contributed by atoms with Crippen molar-refractivity contribution in [3.05, 3.63) is 47.1 Å². The number of benzene rings is 1. The smallest absolute Gasteiger partial charge is 0.123 e. The number of phenols is 2. The maximum Gasteiger partial charge on any atom is 0.123 e. The van der Waals surface area contributed by atoms with Crippen LogP contribution in [-0.2, 0) is 5.41 Å². The zero-order valence-electron chi connectivity index (χ0n) is 14.4. The van der Waals surface area contributed by atoms with Crippen molar-refractivity contribution in [1.29, 1.82) is 0 Å². The van der Waals surface area contributed by atoms with Gasteiger partial charge in [-0.25, -0.2) is 0 Å². The SMILES string of the molecule is C=C(C)[C@@H]1CCC(C)=C[C@H]1c1c(O)cc(C(C)(C)C)cc1O. The number of allylic oxidation sites excluding steroid dienone is 3. The van der Waals surface area contributed by atoms with E-state index in [9.17, 15) is 10.2 Å². The molecule has 0 bridgehead atoms. The van der Waals surface area contributed by atoms with E-state index in [0.717, 1.165) is 24.0 Å². The number of aromatic hydroxyl groups is 2. The summed E-state index contributed by atoms with van der Waals surface area (Å²) in [6.07, 6.45) is 4.24. The van der Waals surface area contributed by atoms with Gasteiger partial charge in [0.05, 0.1) is 0 Å². The van der Waals surface area contributed by atoms with Crippen LogP contribution in [0.3, 0.4) is 0 Å². The minimum absolute atomic E-state index is 0.000248. The van der Waals surface area contributed by atoms with Crippen LogP contribution in [0.1, 0.15) is 64.5 Å². The third-order valence-electron chi connectivity index (χ3n) is 4.72. The first kappa shape index (κ1) is 16.7. The summed E-state index contributed by atoms with van der Waals surface area (Å²) in [5.74, 6) is 0.639. The molecule has 0 saturated carbocycles. The standard InChI is InChI=1S/C20H28O2/c1-12(2)15-8-7-13(3)9-16(15)19-17(21)10-14(11-18(19)22)20(4,5)6/h9-11,15-16,21-22H,1,7-8H2,2-6H3/t15-,16+/m0/s1. The topological polar surface area (TPSA) is 40.5 Å². The molecule has 22 heavy (non-hydrogen) atoms. The van der Waals surface area contributed by atoms with Gasteiger partial charge < -0.3 is 10.2 Å². The van der Waals surface area contributed by atoms with Crippen molar-refractivity contribution >= 4 is 0 Å². The molecule has 2 nitrogen and oxygen atoms in total. The molecule has 0 amide bonds. The minimum atomic E-state index is -0.112. The second-order valence-electron chi connectivity index (χ2n) is 7.71. The van der Waals surface area contributed by atoms with Gasteiger partial charge in [-0.3, -0.25) is 0 Å². The molecule has 120 valence electrons. The van der Waals surface area contributed by atoms with E-state index in [1.165, 1.54) is 5.57 Å². The van der Waals surface area contributed by atoms with Crippen LogP contribution < -0.4 is 0 Å². The van der Waals surface area contributed by atoms with E-state index in [0.29, 0.717) is 5.56 Å². The lowest BCUT2D eigenvalue weighted by Crippen LogP contribution is -2.18. The molecule has 0 aromatic heterocycles. The summed E-state index contributed by atoms with van der Waals surface area (Å²) in [6.45, 7) is 14.5. The summed E-state index contributed by atoms with van der Waals surface area (Å²) in [7, 11) is 0. The normalized spacial score (nSPS) is 22.3. The van der Waals surface area contributed by atoms with E-state index in [1.807, 2.05) is 6.92 Å². The molecule has 2 rings (SSSR count). The van der Waals surface area contributed by atoms with E-state index < -0.39 is 0 Å². The molecule has 1 aromatic rings. The van der Waals surface area contributed by atoms with Gasteiger partial charge in [-0.05, 0) is 55.7 Å². The first-order chi connectivity index (χ1) is 10.1. The third kappa shape index (κ3) is 3.21. The maximum absolute atomic E-state index is 10.6.